The maximum absolute atomic E-state index is 12.6. The van der Waals surface area contributed by atoms with Gasteiger partial charge < -0.3 is 20.4 Å². The Morgan fingerprint density at radius 1 is 1.13 bits per heavy atom. The number of carbonyl (C=O) groups excluding carboxylic acids is 2. The second-order valence-corrected chi connectivity index (χ2v) is 7.20. The Morgan fingerprint density at radius 2 is 1.90 bits per heavy atom. The zero-order chi connectivity index (χ0) is 20.2. The third kappa shape index (κ3) is 4.75. The topological polar surface area (TPSA) is 77.0 Å². The van der Waals surface area contributed by atoms with Crippen LogP contribution in [-0.4, -0.2) is 55.9 Å². The Morgan fingerprint density at radius 3 is 2.63 bits per heavy atom. The van der Waals surface area contributed by atoms with E-state index < -0.39 is 0 Å². The van der Waals surface area contributed by atoms with Gasteiger partial charge in [0.25, 0.3) is 5.91 Å². The van der Waals surface area contributed by atoms with E-state index in [1.807, 2.05) is 30.3 Å². The van der Waals surface area contributed by atoms with E-state index in [2.05, 4.69) is 38.7 Å². The number of halogens is 1. The van der Waals surface area contributed by atoms with Crippen LogP contribution in [0.1, 0.15) is 21.5 Å². The number of rotatable bonds is 3. The molecule has 0 atom stereocenters. The summed E-state index contributed by atoms with van der Waals surface area (Å²) in [6, 6.07) is 15.9. The third-order valence-corrected chi connectivity index (χ3v) is 5.33. The normalized spacial score (nSPS) is 15.9. The predicted octanol–water partition coefficient (Wildman–Crippen LogP) is 2.01. The molecule has 2 aromatic carbocycles. The lowest BCUT2D eigenvalue weighted by Crippen LogP contribution is -2.49. The Kier molecular flexibility index (Phi) is 7.30. The van der Waals surface area contributed by atoms with Crippen LogP contribution >= 0.6 is 24.0 Å². The number of nitrogens with zero attached hydrogens (tertiary/aromatic N) is 3. The predicted molar refractivity (Wildman–Crippen MR) is 128 cm³/mol. The number of nitrogens with one attached hydrogen (secondary N) is 2. The van der Waals surface area contributed by atoms with Crippen LogP contribution in [0.15, 0.2) is 53.5 Å². The summed E-state index contributed by atoms with van der Waals surface area (Å²) in [5.74, 6) is 0.624. The van der Waals surface area contributed by atoms with Crippen LogP contribution < -0.4 is 15.5 Å². The Bertz CT molecular complexity index is 945. The molecule has 0 saturated carbocycles. The van der Waals surface area contributed by atoms with Crippen molar-refractivity contribution >= 4 is 47.4 Å². The van der Waals surface area contributed by atoms with Gasteiger partial charge in [0, 0.05) is 44.5 Å². The molecule has 2 aliphatic rings. The average molecular weight is 519 g/mol. The highest BCUT2D eigenvalue weighted by molar-refractivity contribution is 14.0. The van der Waals surface area contributed by atoms with Crippen LogP contribution in [0.4, 0.5) is 5.69 Å². The highest BCUT2D eigenvalue weighted by atomic mass is 127. The van der Waals surface area contributed by atoms with Crippen LogP contribution in [0.3, 0.4) is 0 Å². The first-order chi connectivity index (χ1) is 14.2. The van der Waals surface area contributed by atoms with Gasteiger partial charge in [-0.1, -0.05) is 30.3 Å². The lowest BCUT2D eigenvalue weighted by molar-refractivity contribution is -0.123. The minimum absolute atomic E-state index is 0. The van der Waals surface area contributed by atoms with Gasteiger partial charge in [-0.15, -0.1) is 24.0 Å². The third-order valence-electron chi connectivity index (χ3n) is 5.33. The molecular formula is C22H26IN5O2. The summed E-state index contributed by atoms with van der Waals surface area (Å²) in [7, 11) is 1.79. The quantitative estimate of drug-likeness (QED) is 0.370. The fourth-order valence-electron chi connectivity index (χ4n) is 3.79. The van der Waals surface area contributed by atoms with Gasteiger partial charge in [-0.2, -0.15) is 0 Å². The van der Waals surface area contributed by atoms with Gasteiger partial charge in [0.05, 0.1) is 6.54 Å². The molecule has 0 spiro atoms. The number of hydrogen-bond donors (Lipinski definition) is 2. The number of guanidine groups is 1. The Hall–Kier alpha value is -2.62. The van der Waals surface area contributed by atoms with Crippen LogP contribution in [-0.2, 0) is 17.8 Å². The van der Waals surface area contributed by atoms with E-state index in [4.69, 9.17) is 0 Å². The summed E-state index contributed by atoms with van der Waals surface area (Å²) in [6.07, 6.45) is 1.02. The molecule has 0 aliphatic carbocycles. The highest BCUT2D eigenvalue weighted by Crippen LogP contribution is 2.27. The van der Waals surface area contributed by atoms with Crippen LogP contribution in [0.5, 0.6) is 0 Å². The van der Waals surface area contributed by atoms with Crippen LogP contribution in [0.2, 0.25) is 0 Å². The molecule has 0 radical (unpaired) electrons. The maximum atomic E-state index is 12.6. The number of para-hydroxylation sites is 1. The second-order valence-electron chi connectivity index (χ2n) is 7.20. The number of fused-ring (bicyclic) bond motifs is 1. The molecule has 2 aromatic rings. The standard InChI is InChI=1S/C22H25N5O2.HI/c1-23-22(27-12-10-17-4-2-3-5-19(17)27)25-14-16-6-8-18(9-7-16)21(29)26-13-11-24-20(28)15-26;/h2-9H,10-15H2,1H3,(H,23,25)(H,24,28);1H. The molecule has 2 N–H and O–H groups in total. The molecule has 4 rings (SSSR count). The van der Waals surface area contributed by atoms with Gasteiger partial charge in [0.2, 0.25) is 5.91 Å². The second kappa shape index (κ2) is 9.92. The van der Waals surface area contributed by atoms with Gasteiger partial charge in [0.15, 0.2) is 5.96 Å². The number of benzene rings is 2. The Balaban J connectivity index is 0.00000256. The van der Waals surface area contributed by atoms with E-state index in [0.29, 0.717) is 25.2 Å². The first-order valence-electron chi connectivity index (χ1n) is 9.87. The molecular weight excluding hydrogens is 493 g/mol. The van der Waals surface area contributed by atoms with Gasteiger partial charge in [0.1, 0.15) is 0 Å². The molecule has 30 heavy (non-hydrogen) atoms. The van der Waals surface area contributed by atoms with Crippen molar-refractivity contribution in [2.45, 2.75) is 13.0 Å². The smallest absolute Gasteiger partial charge is 0.254 e. The summed E-state index contributed by atoms with van der Waals surface area (Å²) in [5, 5.41) is 6.15. The first-order valence-corrected chi connectivity index (χ1v) is 9.87. The van der Waals surface area contributed by atoms with Crippen molar-refractivity contribution < 1.29 is 9.59 Å². The summed E-state index contributed by atoms with van der Waals surface area (Å²) in [6.45, 7) is 2.70. The largest absolute Gasteiger partial charge is 0.353 e. The van der Waals surface area contributed by atoms with Crippen LogP contribution in [0, 0.1) is 0 Å². The minimum Gasteiger partial charge on any atom is -0.353 e. The number of anilines is 1. The first kappa shape index (κ1) is 22.1. The summed E-state index contributed by atoms with van der Waals surface area (Å²) >= 11 is 0. The zero-order valence-corrected chi connectivity index (χ0v) is 19.3. The van der Waals surface area contributed by atoms with Gasteiger partial charge in [-0.25, -0.2) is 0 Å². The molecule has 0 bridgehead atoms. The fraction of sp³-hybridized carbons (Fsp3) is 0.318. The number of carbonyl (C=O) groups is 2. The molecule has 2 amide bonds. The van der Waals surface area contributed by atoms with Crippen molar-refractivity contribution in [2.24, 2.45) is 4.99 Å². The summed E-state index contributed by atoms with van der Waals surface area (Å²) in [5.41, 5.74) is 4.20. The molecule has 7 nitrogen and oxygen atoms in total. The average Bonchev–Trinajstić information content (AvgIpc) is 3.18. The number of piperazine rings is 1. The van der Waals surface area contributed by atoms with Gasteiger partial charge in [-0.05, 0) is 35.7 Å². The molecule has 1 fully saturated rings. The zero-order valence-electron chi connectivity index (χ0n) is 16.9. The van der Waals surface area contributed by atoms with Crippen molar-refractivity contribution in [2.75, 3.05) is 38.1 Å². The van der Waals surface area contributed by atoms with Crippen molar-refractivity contribution in [1.29, 1.82) is 0 Å². The molecule has 0 unspecified atom stereocenters. The van der Waals surface area contributed by atoms with Crippen LogP contribution in [0.25, 0.3) is 0 Å². The molecule has 0 aromatic heterocycles. The Labute approximate surface area is 193 Å². The van der Waals surface area contributed by atoms with E-state index in [1.165, 1.54) is 11.3 Å². The lowest BCUT2D eigenvalue weighted by atomic mass is 10.1. The van der Waals surface area contributed by atoms with Gasteiger partial charge in [-0.3, -0.25) is 14.6 Å². The SMILES string of the molecule is CN=C(NCc1ccc(C(=O)N2CCNC(=O)C2)cc1)N1CCc2ccccc21.I. The number of hydrogen-bond acceptors (Lipinski definition) is 3. The van der Waals surface area contributed by atoms with E-state index in [1.54, 1.807) is 11.9 Å². The van der Waals surface area contributed by atoms with E-state index in [-0.39, 0.29) is 42.3 Å². The van der Waals surface area contributed by atoms with E-state index in [0.717, 1.165) is 24.5 Å². The van der Waals surface area contributed by atoms with Crippen molar-refractivity contribution in [1.82, 2.24) is 15.5 Å². The lowest BCUT2D eigenvalue weighted by Gasteiger charge is -2.26. The molecule has 2 aliphatic heterocycles. The fourth-order valence-corrected chi connectivity index (χ4v) is 3.79. The summed E-state index contributed by atoms with van der Waals surface area (Å²) < 4.78 is 0. The van der Waals surface area contributed by atoms with E-state index in [9.17, 15) is 9.59 Å². The molecule has 8 heteroatoms. The maximum Gasteiger partial charge on any atom is 0.254 e. The van der Waals surface area contributed by atoms with E-state index >= 15 is 0 Å². The molecule has 158 valence electrons. The highest BCUT2D eigenvalue weighted by Gasteiger charge is 2.23. The summed E-state index contributed by atoms with van der Waals surface area (Å²) in [4.78, 5) is 32.3. The number of aliphatic imine (C=N–C) groups is 1. The van der Waals surface area contributed by atoms with Crippen molar-refractivity contribution in [3.8, 4) is 0 Å². The number of amides is 2. The molecule has 2 heterocycles. The van der Waals surface area contributed by atoms with Crippen molar-refractivity contribution in [3.63, 3.8) is 0 Å². The minimum atomic E-state index is -0.111. The molecule has 1 saturated heterocycles. The monoisotopic (exact) mass is 519 g/mol. The van der Waals surface area contributed by atoms with Gasteiger partial charge >= 0.3 is 0 Å². The van der Waals surface area contributed by atoms with Crippen molar-refractivity contribution in [3.05, 3.63) is 65.2 Å².